The zero-order valence-corrected chi connectivity index (χ0v) is 10.3. The van der Waals surface area contributed by atoms with Gasteiger partial charge >= 0.3 is 0 Å². The Balaban J connectivity index is 3.02. The molecule has 18 heavy (non-hydrogen) atoms. The Morgan fingerprint density at radius 3 is 2.56 bits per heavy atom. The maximum atomic E-state index is 4.34. The number of aromatic amines is 1. The fraction of sp³-hybridized carbons (Fsp3) is 0. The maximum absolute atomic E-state index is 4.34. The molecule has 0 unspecified atom stereocenters. The number of hydrogen-bond donors (Lipinski definition) is 2. The van der Waals surface area contributed by atoms with Crippen molar-refractivity contribution in [2.45, 2.75) is 0 Å². The van der Waals surface area contributed by atoms with Crippen LogP contribution in [0.5, 0.6) is 0 Å². The first-order valence-electron chi connectivity index (χ1n) is 5.47. The van der Waals surface area contributed by atoms with Crippen LogP contribution in [0.2, 0.25) is 0 Å². The smallest absolute Gasteiger partial charge is 0.205 e. The number of hydrogen-bond acceptors (Lipinski definition) is 2. The van der Waals surface area contributed by atoms with Crippen LogP contribution in [0.25, 0.3) is 12.7 Å². The first kappa shape index (κ1) is 13.5. The minimum atomic E-state index is 0.620. The van der Waals surface area contributed by atoms with Crippen LogP contribution in [0, 0.1) is 0 Å². The van der Waals surface area contributed by atoms with Gasteiger partial charge in [0.1, 0.15) is 0 Å². The van der Waals surface area contributed by atoms with Crippen molar-refractivity contribution < 1.29 is 0 Å². The number of anilines is 1. The standard InChI is InChI=1S/C15H17N3/c1-5-8-11-13(9-6-2)17-15-16-12(4)14(18-15)10-7-3/h5-11H,1-4H2,(H2,16,17,18)/b11-8-,13-9+,14-10+. The van der Waals surface area contributed by atoms with E-state index in [2.05, 4.69) is 41.6 Å². The summed E-state index contributed by atoms with van der Waals surface area (Å²) in [5, 5.41) is 4.63. The van der Waals surface area contributed by atoms with Gasteiger partial charge in [0, 0.05) is 5.70 Å². The van der Waals surface area contributed by atoms with E-state index < -0.39 is 0 Å². The molecule has 0 aliphatic rings. The average molecular weight is 239 g/mol. The molecular formula is C15H17N3. The van der Waals surface area contributed by atoms with Gasteiger partial charge in [0.25, 0.3) is 0 Å². The van der Waals surface area contributed by atoms with Gasteiger partial charge < -0.3 is 10.3 Å². The highest BCUT2D eigenvalue weighted by Crippen LogP contribution is 2.01. The van der Waals surface area contributed by atoms with E-state index in [4.69, 9.17) is 0 Å². The lowest BCUT2D eigenvalue weighted by molar-refractivity contribution is 1.24. The topological polar surface area (TPSA) is 40.7 Å². The van der Waals surface area contributed by atoms with E-state index in [0.29, 0.717) is 5.95 Å². The zero-order valence-electron chi connectivity index (χ0n) is 10.3. The van der Waals surface area contributed by atoms with Crippen molar-refractivity contribution in [1.29, 1.82) is 0 Å². The summed E-state index contributed by atoms with van der Waals surface area (Å²) in [5.41, 5.74) is 0.851. The van der Waals surface area contributed by atoms with Crippen LogP contribution in [0.1, 0.15) is 0 Å². The molecule has 0 atom stereocenters. The number of rotatable bonds is 6. The fourth-order valence-electron chi connectivity index (χ4n) is 1.31. The molecule has 92 valence electrons. The molecule has 2 N–H and O–H groups in total. The number of nitrogens with zero attached hydrogens (tertiary/aromatic N) is 1. The predicted octanol–water partition coefficient (Wildman–Crippen LogP) is 2.01. The summed E-state index contributed by atoms with van der Waals surface area (Å²) < 4.78 is 0. The van der Waals surface area contributed by atoms with E-state index in [1.54, 1.807) is 24.3 Å². The lowest BCUT2D eigenvalue weighted by Crippen LogP contribution is -2.21. The number of allylic oxidation sites excluding steroid dienone is 6. The largest absolute Gasteiger partial charge is 0.326 e. The molecule has 0 fully saturated rings. The van der Waals surface area contributed by atoms with Crippen molar-refractivity contribution in [3.63, 3.8) is 0 Å². The van der Waals surface area contributed by atoms with Crippen LogP contribution in [-0.2, 0) is 0 Å². The van der Waals surface area contributed by atoms with Gasteiger partial charge in [0.15, 0.2) is 0 Å². The highest BCUT2D eigenvalue weighted by Gasteiger charge is 1.97. The molecule has 0 saturated heterocycles. The van der Waals surface area contributed by atoms with Gasteiger partial charge in [0.05, 0.1) is 10.7 Å². The highest BCUT2D eigenvalue weighted by molar-refractivity contribution is 5.43. The van der Waals surface area contributed by atoms with Gasteiger partial charge in [-0.3, -0.25) is 0 Å². The SMILES string of the molecule is C=C/C=C\C(=C/C=C)Nc1n/c(=C/C=C)c(=C)[nH]1. The Kier molecular flexibility index (Phi) is 5.19. The minimum absolute atomic E-state index is 0.620. The van der Waals surface area contributed by atoms with Gasteiger partial charge in [-0.25, -0.2) is 4.98 Å². The van der Waals surface area contributed by atoms with Crippen molar-refractivity contribution >= 4 is 18.6 Å². The molecule has 1 rings (SSSR count). The van der Waals surface area contributed by atoms with Crippen LogP contribution in [0.15, 0.2) is 61.9 Å². The van der Waals surface area contributed by atoms with Crippen LogP contribution in [-0.4, -0.2) is 9.97 Å². The van der Waals surface area contributed by atoms with Crippen molar-refractivity contribution in [1.82, 2.24) is 9.97 Å². The molecule has 0 saturated carbocycles. The van der Waals surface area contributed by atoms with Gasteiger partial charge in [-0.05, 0) is 18.2 Å². The molecule has 1 aromatic heterocycles. The van der Waals surface area contributed by atoms with Crippen LogP contribution in [0.4, 0.5) is 5.95 Å². The average Bonchev–Trinajstić information content (AvgIpc) is 2.68. The molecule has 0 radical (unpaired) electrons. The van der Waals surface area contributed by atoms with Gasteiger partial charge in [-0.1, -0.05) is 50.6 Å². The third-order valence-electron chi connectivity index (χ3n) is 2.06. The maximum Gasteiger partial charge on any atom is 0.205 e. The first-order chi connectivity index (χ1) is 8.71. The quantitative estimate of drug-likeness (QED) is 0.746. The fourth-order valence-corrected chi connectivity index (χ4v) is 1.31. The predicted molar refractivity (Wildman–Crippen MR) is 79.3 cm³/mol. The third kappa shape index (κ3) is 3.79. The van der Waals surface area contributed by atoms with E-state index in [9.17, 15) is 0 Å². The summed E-state index contributed by atoms with van der Waals surface area (Å²) in [6.07, 6.45) is 12.4. The Hall–Kier alpha value is -2.55. The Morgan fingerprint density at radius 1 is 1.17 bits per heavy atom. The molecule has 0 spiro atoms. The second kappa shape index (κ2) is 6.91. The third-order valence-corrected chi connectivity index (χ3v) is 2.06. The number of H-pyrrole nitrogens is 1. The number of imidazole rings is 1. The molecule has 3 heteroatoms. The van der Waals surface area contributed by atoms with Gasteiger partial charge in [-0.15, -0.1) is 0 Å². The molecule has 0 aromatic carbocycles. The number of nitrogens with one attached hydrogen (secondary N) is 2. The Bertz CT molecular complexity index is 600. The highest BCUT2D eigenvalue weighted by atomic mass is 15.1. The molecule has 0 amide bonds. The summed E-state index contributed by atoms with van der Waals surface area (Å²) in [6, 6.07) is 0. The molecule has 0 bridgehead atoms. The van der Waals surface area contributed by atoms with E-state index in [1.807, 2.05) is 18.2 Å². The molecule has 0 aliphatic heterocycles. The van der Waals surface area contributed by atoms with Crippen LogP contribution in [0.3, 0.4) is 0 Å². The zero-order chi connectivity index (χ0) is 13.4. The Morgan fingerprint density at radius 2 is 1.94 bits per heavy atom. The summed E-state index contributed by atoms with van der Waals surface area (Å²) in [7, 11) is 0. The molecule has 0 aliphatic carbocycles. The summed E-state index contributed by atoms with van der Waals surface area (Å²) >= 11 is 0. The molecular weight excluding hydrogens is 222 g/mol. The normalized spacial score (nSPS) is 12.7. The first-order valence-corrected chi connectivity index (χ1v) is 5.47. The van der Waals surface area contributed by atoms with Crippen LogP contribution >= 0.6 is 0 Å². The lowest BCUT2D eigenvalue weighted by Gasteiger charge is -2.01. The monoisotopic (exact) mass is 239 g/mol. The molecule has 3 nitrogen and oxygen atoms in total. The molecule has 1 heterocycles. The van der Waals surface area contributed by atoms with Crippen molar-refractivity contribution in [3.05, 3.63) is 72.6 Å². The van der Waals surface area contributed by atoms with Crippen molar-refractivity contribution in [2.24, 2.45) is 0 Å². The van der Waals surface area contributed by atoms with E-state index in [0.717, 1.165) is 16.4 Å². The van der Waals surface area contributed by atoms with Crippen LogP contribution < -0.4 is 16.0 Å². The Labute approximate surface area is 107 Å². The summed E-state index contributed by atoms with van der Waals surface area (Å²) in [5.74, 6) is 0.620. The summed E-state index contributed by atoms with van der Waals surface area (Å²) in [6.45, 7) is 14.8. The van der Waals surface area contributed by atoms with Gasteiger partial charge in [-0.2, -0.15) is 0 Å². The van der Waals surface area contributed by atoms with Gasteiger partial charge in [0.2, 0.25) is 5.95 Å². The van der Waals surface area contributed by atoms with Crippen molar-refractivity contribution in [2.75, 3.05) is 5.32 Å². The molecule has 1 aromatic rings. The summed E-state index contributed by atoms with van der Waals surface area (Å²) in [4.78, 5) is 7.39. The van der Waals surface area contributed by atoms with Crippen molar-refractivity contribution in [3.8, 4) is 0 Å². The number of aromatic nitrogens is 2. The second-order valence-corrected chi connectivity index (χ2v) is 3.43. The second-order valence-electron chi connectivity index (χ2n) is 3.43. The van der Waals surface area contributed by atoms with E-state index in [-0.39, 0.29) is 0 Å². The van der Waals surface area contributed by atoms with E-state index in [1.165, 1.54) is 0 Å². The lowest BCUT2D eigenvalue weighted by atomic mass is 10.3. The minimum Gasteiger partial charge on any atom is -0.326 e. The van der Waals surface area contributed by atoms with E-state index >= 15 is 0 Å².